The molecule has 3 aromatic rings. The Labute approximate surface area is 174 Å². The lowest BCUT2D eigenvalue weighted by molar-refractivity contribution is -0.384. The minimum absolute atomic E-state index is 0.00437. The molecular weight excluding hydrogens is 420 g/mol. The SMILES string of the molecule is COc1nc(OC)nc(Oc2cccc(Cl)c2C(=O)Oc2ccc([N+](=O)[O-])cc2)n1. The van der Waals surface area contributed by atoms with E-state index in [0.29, 0.717) is 0 Å². The summed E-state index contributed by atoms with van der Waals surface area (Å²) < 4.78 is 20.8. The number of aromatic nitrogens is 3. The van der Waals surface area contributed by atoms with Gasteiger partial charge in [0, 0.05) is 12.1 Å². The first-order valence-corrected chi connectivity index (χ1v) is 8.56. The van der Waals surface area contributed by atoms with Crippen LogP contribution in [0.4, 0.5) is 5.69 Å². The molecule has 0 radical (unpaired) electrons. The number of methoxy groups -OCH3 is 2. The van der Waals surface area contributed by atoms with Crippen molar-refractivity contribution < 1.29 is 28.7 Å². The van der Waals surface area contributed by atoms with Gasteiger partial charge in [0.15, 0.2) is 0 Å². The molecule has 1 heterocycles. The summed E-state index contributed by atoms with van der Waals surface area (Å²) in [6.45, 7) is 0. The number of benzene rings is 2. The maximum atomic E-state index is 12.7. The number of rotatable bonds is 7. The molecule has 11 nitrogen and oxygen atoms in total. The summed E-state index contributed by atoms with van der Waals surface area (Å²) in [5.74, 6) is -0.762. The number of hydrogen-bond donors (Lipinski definition) is 0. The maximum Gasteiger partial charge on any atom is 0.348 e. The van der Waals surface area contributed by atoms with E-state index in [2.05, 4.69) is 15.0 Å². The van der Waals surface area contributed by atoms with Gasteiger partial charge >= 0.3 is 24.0 Å². The first-order valence-electron chi connectivity index (χ1n) is 8.18. The fourth-order valence-corrected chi connectivity index (χ4v) is 2.47. The largest absolute Gasteiger partial charge is 0.467 e. The van der Waals surface area contributed by atoms with E-state index in [0.717, 1.165) is 0 Å². The molecule has 2 aromatic carbocycles. The van der Waals surface area contributed by atoms with Gasteiger partial charge < -0.3 is 18.9 Å². The molecule has 154 valence electrons. The number of carbonyl (C=O) groups is 1. The zero-order valence-corrected chi connectivity index (χ0v) is 16.3. The average molecular weight is 433 g/mol. The van der Waals surface area contributed by atoms with Crippen LogP contribution in [0.15, 0.2) is 42.5 Å². The highest BCUT2D eigenvalue weighted by atomic mass is 35.5. The summed E-state index contributed by atoms with van der Waals surface area (Å²) in [7, 11) is 2.70. The lowest BCUT2D eigenvalue weighted by Crippen LogP contribution is -2.11. The van der Waals surface area contributed by atoms with Crippen molar-refractivity contribution in [3.05, 3.63) is 63.2 Å². The average Bonchev–Trinajstić information content (AvgIpc) is 2.73. The second-order valence-electron chi connectivity index (χ2n) is 5.45. The third-order valence-corrected chi connectivity index (χ3v) is 3.89. The molecule has 0 aliphatic carbocycles. The molecule has 0 atom stereocenters. The summed E-state index contributed by atoms with van der Waals surface area (Å²) in [5.41, 5.74) is -0.245. The summed E-state index contributed by atoms with van der Waals surface area (Å²) in [5, 5.41) is 10.8. The van der Waals surface area contributed by atoms with E-state index in [-0.39, 0.29) is 45.8 Å². The van der Waals surface area contributed by atoms with Crippen LogP contribution in [0, 0.1) is 10.1 Å². The van der Waals surface area contributed by atoms with Gasteiger partial charge in [-0.2, -0.15) is 0 Å². The molecule has 0 amide bonds. The van der Waals surface area contributed by atoms with Gasteiger partial charge in [0.25, 0.3) is 5.69 Å². The topological polar surface area (TPSA) is 136 Å². The van der Waals surface area contributed by atoms with Crippen molar-refractivity contribution in [2.24, 2.45) is 0 Å². The molecule has 0 saturated carbocycles. The lowest BCUT2D eigenvalue weighted by atomic mass is 10.2. The Morgan fingerprint density at radius 3 is 2.13 bits per heavy atom. The Balaban J connectivity index is 1.89. The van der Waals surface area contributed by atoms with Crippen molar-refractivity contribution in [2.45, 2.75) is 0 Å². The molecule has 0 unspecified atom stereocenters. The van der Waals surface area contributed by atoms with Crippen LogP contribution in [0.1, 0.15) is 10.4 Å². The number of halogens is 1. The molecular formula is C18H13ClN4O7. The molecule has 1 aromatic heterocycles. The summed E-state index contributed by atoms with van der Waals surface area (Å²) in [6, 6.07) is 9.14. The van der Waals surface area contributed by atoms with Gasteiger partial charge in [0.05, 0.1) is 24.2 Å². The third-order valence-electron chi connectivity index (χ3n) is 3.58. The normalized spacial score (nSPS) is 10.2. The number of nitro benzene ring substituents is 1. The van der Waals surface area contributed by atoms with Crippen LogP contribution in [0.3, 0.4) is 0 Å². The lowest BCUT2D eigenvalue weighted by Gasteiger charge is -2.12. The number of carbonyl (C=O) groups excluding carboxylic acids is 1. The summed E-state index contributed by atoms with van der Waals surface area (Å²) in [6.07, 6.45) is 0. The Hall–Kier alpha value is -3.99. The molecule has 3 rings (SSSR count). The van der Waals surface area contributed by atoms with Crippen molar-refractivity contribution >= 4 is 23.3 Å². The number of hydrogen-bond acceptors (Lipinski definition) is 10. The molecule has 0 spiro atoms. The van der Waals surface area contributed by atoms with Gasteiger partial charge in [0.1, 0.15) is 17.1 Å². The van der Waals surface area contributed by atoms with Gasteiger partial charge in [-0.3, -0.25) is 10.1 Å². The summed E-state index contributed by atoms with van der Waals surface area (Å²) in [4.78, 5) is 34.6. The van der Waals surface area contributed by atoms with Crippen LogP contribution in [-0.4, -0.2) is 40.1 Å². The Morgan fingerprint density at radius 1 is 0.967 bits per heavy atom. The Kier molecular flexibility index (Phi) is 6.23. The minimum atomic E-state index is -0.850. The molecule has 0 aliphatic heterocycles. The van der Waals surface area contributed by atoms with Crippen molar-refractivity contribution in [3.63, 3.8) is 0 Å². The van der Waals surface area contributed by atoms with Gasteiger partial charge in [-0.05, 0) is 24.3 Å². The van der Waals surface area contributed by atoms with Crippen molar-refractivity contribution in [2.75, 3.05) is 14.2 Å². The molecule has 30 heavy (non-hydrogen) atoms. The highest BCUT2D eigenvalue weighted by molar-refractivity contribution is 6.34. The van der Waals surface area contributed by atoms with Gasteiger partial charge in [-0.25, -0.2) is 4.79 Å². The standard InChI is InChI=1S/C18H13ClN4O7/c1-27-16-20-17(28-2)22-18(21-16)30-13-5-3-4-12(19)14(13)15(24)29-11-8-6-10(7-9-11)23(25)26/h3-9H,1-2H3. The third kappa shape index (κ3) is 4.70. The Morgan fingerprint density at radius 2 is 1.57 bits per heavy atom. The highest BCUT2D eigenvalue weighted by Gasteiger charge is 2.21. The molecule has 0 fully saturated rings. The number of nitro groups is 1. The number of esters is 1. The molecule has 0 bridgehead atoms. The second-order valence-corrected chi connectivity index (χ2v) is 5.85. The van der Waals surface area contributed by atoms with Crippen LogP contribution in [0.25, 0.3) is 0 Å². The molecule has 0 aliphatic rings. The van der Waals surface area contributed by atoms with Crippen molar-refractivity contribution in [1.29, 1.82) is 0 Å². The fraction of sp³-hybridized carbons (Fsp3) is 0.111. The first kappa shape index (κ1) is 20.7. The fourth-order valence-electron chi connectivity index (χ4n) is 2.23. The summed E-state index contributed by atoms with van der Waals surface area (Å²) >= 11 is 6.17. The quantitative estimate of drug-likeness (QED) is 0.236. The molecule has 0 N–H and O–H groups in total. The maximum absolute atomic E-state index is 12.7. The van der Waals surface area contributed by atoms with E-state index in [9.17, 15) is 14.9 Å². The molecule has 0 saturated heterocycles. The zero-order chi connectivity index (χ0) is 21.7. The van der Waals surface area contributed by atoms with Crippen LogP contribution < -0.4 is 18.9 Å². The van der Waals surface area contributed by atoms with E-state index in [4.69, 9.17) is 30.5 Å². The predicted molar refractivity (Wildman–Crippen MR) is 103 cm³/mol. The van der Waals surface area contributed by atoms with Crippen LogP contribution >= 0.6 is 11.6 Å². The monoisotopic (exact) mass is 432 g/mol. The second kappa shape index (κ2) is 9.01. The van der Waals surface area contributed by atoms with E-state index < -0.39 is 10.9 Å². The molecule has 12 heteroatoms. The first-order chi connectivity index (χ1) is 14.4. The van der Waals surface area contributed by atoms with Crippen molar-refractivity contribution in [1.82, 2.24) is 15.0 Å². The Bertz CT molecular complexity index is 1070. The van der Waals surface area contributed by atoms with E-state index >= 15 is 0 Å². The van der Waals surface area contributed by atoms with Crippen LogP contribution in [0.5, 0.6) is 29.5 Å². The van der Waals surface area contributed by atoms with Gasteiger partial charge in [-0.15, -0.1) is 15.0 Å². The van der Waals surface area contributed by atoms with Crippen molar-refractivity contribution in [3.8, 4) is 29.5 Å². The zero-order valence-electron chi connectivity index (χ0n) is 15.6. The number of non-ortho nitro benzene ring substituents is 1. The van der Waals surface area contributed by atoms with Gasteiger partial charge in [0.2, 0.25) is 0 Å². The van der Waals surface area contributed by atoms with Gasteiger partial charge in [-0.1, -0.05) is 17.7 Å². The van der Waals surface area contributed by atoms with E-state index in [1.54, 1.807) is 6.07 Å². The van der Waals surface area contributed by atoms with Crippen LogP contribution in [0.2, 0.25) is 5.02 Å². The highest BCUT2D eigenvalue weighted by Crippen LogP contribution is 2.31. The number of nitrogens with zero attached hydrogens (tertiary/aromatic N) is 4. The predicted octanol–water partition coefficient (Wildman–Crippen LogP) is 3.46. The van der Waals surface area contributed by atoms with Crippen LogP contribution in [-0.2, 0) is 0 Å². The number of ether oxygens (including phenoxy) is 4. The minimum Gasteiger partial charge on any atom is -0.467 e. The van der Waals surface area contributed by atoms with E-state index in [1.165, 1.54) is 50.6 Å². The van der Waals surface area contributed by atoms with E-state index in [1.807, 2.05) is 0 Å². The smallest absolute Gasteiger partial charge is 0.348 e.